The van der Waals surface area contributed by atoms with E-state index in [1.165, 1.54) is 50.2 Å². The van der Waals surface area contributed by atoms with Crippen molar-refractivity contribution < 1.29 is 13.2 Å². The topological polar surface area (TPSA) is 78.5 Å². The van der Waals surface area contributed by atoms with Crippen molar-refractivity contribution in [3.05, 3.63) is 53.6 Å². The quantitative estimate of drug-likeness (QED) is 0.779. The van der Waals surface area contributed by atoms with Crippen LogP contribution in [0.1, 0.15) is 30.9 Å². The number of anilines is 2. The molecule has 0 spiro atoms. The van der Waals surface area contributed by atoms with Crippen LogP contribution in [0.25, 0.3) is 0 Å². The number of hydrogen-bond donors (Lipinski definition) is 2. The van der Waals surface area contributed by atoms with Gasteiger partial charge in [0.15, 0.2) is 0 Å². The highest BCUT2D eigenvalue weighted by Gasteiger charge is 2.20. The van der Waals surface area contributed by atoms with Gasteiger partial charge in [0.05, 0.1) is 4.90 Å². The zero-order valence-corrected chi connectivity index (χ0v) is 17.3. The maximum absolute atomic E-state index is 12.6. The number of carbonyl (C=O) groups excluding carboxylic acids is 1. The van der Waals surface area contributed by atoms with Crippen LogP contribution in [0.15, 0.2) is 47.4 Å². The normalized spacial score (nSPS) is 15.0. The van der Waals surface area contributed by atoms with E-state index in [0.717, 1.165) is 22.8 Å². The monoisotopic (exact) mass is 401 g/mol. The standard InChI is InChI=1S/C21H27N3O3S/c1-15(22-20-13-6-9-16-8-4-5-12-19(16)20)21(25)23-17-10-7-11-18(14-17)28(26,27)24(2)3/h6-7,9-11,13-15,22H,4-5,8,12H2,1-3H3,(H,23,25). The van der Waals surface area contributed by atoms with Crippen LogP contribution in [0.3, 0.4) is 0 Å². The minimum absolute atomic E-state index is 0.146. The number of rotatable bonds is 6. The molecule has 150 valence electrons. The number of amides is 1. The summed E-state index contributed by atoms with van der Waals surface area (Å²) in [6.07, 6.45) is 4.48. The third-order valence-electron chi connectivity index (χ3n) is 5.04. The SMILES string of the molecule is CC(Nc1cccc2c1CCCC2)C(=O)Nc1cccc(S(=O)(=O)N(C)C)c1. The van der Waals surface area contributed by atoms with Gasteiger partial charge in [-0.2, -0.15) is 0 Å². The van der Waals surface area contributed by atoms with E-state index in [2.05, 4.69) is 16.7 Å². The molecule has 1 atom stereocenters. The summed E-state index contributed by atoms with van der Waals surface area (Å²) in [6.45, 7) is 1.80. The van der Waals surface area contributed by atoms with Gasteiger partial charge < -0.3 is 10.6 Å². The predicted molar refractivity (Wildman–Crippen MR) is 112 cm³/mol. The van der Waals surface area contributed by atoms with Crippen molar-refractivity contribution in [1.29, 1.82) is 0 Å². The second-order valence-electron chi connectivity index (χ2n) is 7.32. The Balaban J connectivity index is 1.72. The van der Waals surface area contributed by atoms with Crippen LogP contribution in [0, 0.1) is 0 Å². The molecule has 7 heteroatoms. The van der Waals surface area contributed by atoms with E-state index in [1.807, 2.05) is 12.1 Å². The number of fused-ring (bicyclic) bond motifs is 1. The third-order valence-corrected chi connectivity index (χ3v) is 6.85. The zero-order chi connectivity index (χ0) is 20.3. The fraction of sp³-hybridized carbons (Fsp3) is 0.381. The molecular formula is C21H27N3O3S. The van der Waals surface area contributed by atoms with Crippen LogP contribution < -0.4 is 10.6 Å². The van der Waals surface area contributed by atoms with Gasteiger partial charge in [0.25, 0.3) is 0 Å². The second kappa shape index (κ2) is 8.32. The minimum atomic E-state index is -3.55. The number of carbonyl (C=O) groups is 1. The summed E-state index contributed by atoms with van der Waals surface area (Å²) in [5.74, 6) is -0.215. The van der Waals surface area contributed by atoms with E-state index in [0.29, 0.717) is 5.69 Å². The van der Waals surface area contributed by atoms with Crippen LogP contribution in [0.5, 0.6) is 0 Å². The van der Waals surface area contributed by atoms with Crippen LogP contribution >= 0.6 is 0 Å². The highest BCUT2D eigenvalue weighted by atomic mass is 32.2. The van der Waals surface area contributed by atoms with E-state index in [-0.39, 0.29) is 10.8 Å². The van der Waals surface area contributed by atoms with Gasteiger partial charge >= 0.3 is 0 Å². The van der Waals surface area contributed by atoms with Gasteiger partial charge in [-0.3, -0.25) is 4.79 Å². The molecular weight excluding hydrogens is 374 g/mol. The number of nitrogens with one attached hydrogen (secondary N) is 2. The van der Waals surface area contributed by atoms with E-state index in [1.54, 1.807) is 19.1 Å². The van der Waals surface area contributed by atoms with Gasteiger partial charge in [-0.15, -0.1) is 0 Å². The highest BCUT2D eigenvalue weighted by Crippen LogP contribution is 2.28. The average Bonchev–Trinajstić information content (AvgIpc) is 2.68. The summed E-state index contributed by atoms with van der Waals surface area (Å²) < 4.78 is 25.7. The van der Waals surface area contributed by atoms with Crippen molar-refractivity contribution in [1.82, 2.24) is 4.31 Å². The first-order valence-electron chi connectivity index (χ1n) is 9.50. The molecule has 0 saturated heterocycles. The molecule has 6 nitrogen and oxygen atoms in total. The molecule has 0 bridgehead atoms. The first-order chi connectivity index (χ1) is 13.3. The Morgan fingerprint density at radius 1 is 1.07 bits per heavy atom. The summed E-state index contributed by atoms with van der Waals surface area (Å²) in [4.78, 5) is 12.8. The van der Waals surface area contributed by atoms with Crippen LogP contribution in [0.4, 0.5) is 11.4 Å². The van der Waals surface area contributed by atoms with Gasteiger partial charge in [-0.25, -0.2) is 12.7 Å². The summed E-state index contributed by atoms with van der Waals surface area (Å²) in [6, 6.07) is 12.0. The van der Waals surface area contributed by atoms with Gasteiger partial charge in [0.2, 0.25) is 15.9 Å². The summed E-state index contributed by atoms with van der Waals surface area (Å²) in [5.41, 5.74) is 4.11. The number of nitrogens with zero attached hydrogens (tertiary/aromatic N) is 1. The maximum atomic E-state index is 12.6. The molecule has 1 unspecified atom stereocenters. The van der Waals surface area contributed by atoms with E-state index in [4.69, 9.17) is 0 Å². The molecule has 2 N–H and O–H groups in total. The molecule has 1 aliphatic rings. The lowest BCUT2D eigenvalue weighted by atomic mass is 9.90. The number of aryl methyl sites for hydroxylation is 1. The molecule has 0 aromatic heterocycles. The van der Waals surface area contributed by atoms with Crippen molar-refractivity contribution in [2.75, 3.05) is 24.7 Å². The van der Waals surface area contributed by atoms with Crippen LogP contribution in [-0.2, 0) is 27.7 Å². The Morgan fingerprint density at radius 3 is 2.54 bits per heavy atom. The van der Waals surface area contributed by atoms with Gasteiger partial charge in [-0.1, -0.05) is 18.2 Å². The molecule has 0 fully saturated rings. The Labute approximate surface area is 167 Å². The number of hydrogen-bond acceptors (Lipinski definition) is 4. The van der Waals surface area contributed by atoms with Crippen molar-refractivity contribution in [3.8, 4) is 0 Å². The zero-order valence-electron chi connectivity index (χ0n) is 16.5. The lowest BCUT2D eigenvalue weighted by Crippen LogP contribution is -2.32. The minimum Gasteiger partial charge on any atom is -0.374 e. The Bertz CT molecular complexity index is 971. The Hall–Kier alpha value is -2.38. The first kappa shape index (κ1) is 20.4. The lowest BCUT2D eigenvalue weighted by molar-refractivity contribution is -0.116. The summed E-state index contributed by atoms with van der Waals surface area (Å²) in [5, 5.41) is 6.12. The van der Waals surface area contributed by atoms with Gasteiger partial charge in [0, 0.05) is 25.5 Å². The lowest BCUT2D eigenvalue weighted by Gasteiger charge is -2.22. The maximum Gasteiger partial charge on any atom is 0.246 e. The van der Waals surface area contributed by atoms with Crippen molar-refractivity contribution in [2.24, 2.45) is 0 Å². The average molecular weight is 402 g/mol. The van der Waals surface area contributed by atoms with Crippen LogP contribution in [0.2, 0.25) is 0 Å². The van der Waals surface area contributed by atoms with Crippen LogP contribution in [-0.4, -0.2) is 38.8 Å². The molecule has 1 amide bonds. The smallest absolute Gasteiger partial charge is 0.246 e. The fourth-order valence-electron chi connectivity index (χ4n) is 3.41. The molecule has 2 aromatic carbocycles. The number of benzene rings is 2. The van der Waals surface area contributed by atoms with Gasteiger partial charge in [0.1, 0.15) is 6.04 Å². The molecule has 0 aliphatic heterocycles. The predicted octanol–water partition coefficient (Wildman–Crippen LogP) is 3.25. The number of sulfonamides is 1. The summed E-state index contributed by atoms with van der Waals surface area (Å²) >= 11 is 0. The molecule has 28 heavy (non-hydrogen) atoms. The molecule has 1 aliphatic carbocycles. The largest absolute Gasteiger partial charge is 0.374 e. The molecule has 3 rings (SSSR count). The Morgan fingerprint density at radius 2 is 1.79 bits per heavy atom. The highest BCUT2D eigenvalue weighted by molar-refractivity contribution is 7.89. The first-order valence-corrected chi connectivity index (χ1v) is 10.9. The van der Waals surface area contributed by atoms with E-state index < -0.39 is 16.1 Å². The molecule has 0 saturated carbocycles. The van der Waals surface area contributed by atoms with Gasteiger partial charge in [-0.05, 0) is 68.0 Å². The van der Waals surface area contributed by atoms with E-state index in [9.17, 15) is 13.2 Å². The second-order valence-corrected chi connectivity index (χ2v) is 9.47. The Kier molecular flexibility index (Phi) is 6.05. The van der Waals surface area contributed by atoms with Crippen molar-refractivity contribution in [2.45, 2.75) is 43.5 Å². The fourth-order valence-corrected chi connectivity index (χ4v) is 4.36. The van der Waals surface area contributed by atoms with E-state index >= 15 is 0 Å². The molecule has 0 heterocycles. The molecule has 2 aromatic rings. The summed E-state index contributed by atoms with van der Waals surface area (Å²) in [7, 11) is -0.589. The van der Waals surface area contributed by atoms with Crippen molar-refractivity contribution >= 4 is 27.3 Å². The van der Waals surface area contributed by atoms with Crippen molar-refractivity contribution in [3.63, 3.8) is 0 Å². The molecule has 0 radical (unpaired) electrons. The third kappa shape index (κ3) is 4.36.